The van der Waals surface area contributed by atoms with E-state index in [2.05, 4.69) is 27.3 Å². The standard InChI is InChI=1S/C14H15N5OS/c1-2-5-11-17-12(19-15)8-13(18-11)21-14-16-9-6-3-4-7-10(9)20-14/h3-4,6-8H,2,5,15H2,1H3,(H,17,18,19). The van der Waals surface area contributed by atoms with Gasteiger partial charge in [0.25, 0.3) is 5.22 Å². The van der Waals surface area contributed by atoms with Gasteiger partial charge in [0.1, 0.15) is 22.2 Å². The lowest BCUT2D eigenvalue weighted by atomic mass is 10.3. The maximum absolute atomic E-state index is 5.69. The van der Waals surface area contributed by atoms with Crippen molar-refractivity contribution < 1.29 is 4.42 Å². The Morgan fingerprint density at radius 1 is 1.24 bits per heavy atom. The predicted octanol–water partition coefficient (Wildman–Crippen LogP) is 3.01. The van der Waals surface area contributed by atoms with Crippen LogP contribution >= 0.6 is 11.8 Å². The largest absolute Gasteiger partial charge is 0.431 e. The molecule has 0 spiro atoms. The van der Waals surface area contributed by atoms with Crippen molar-refractivity contribution in [1.29, 1.82) is 0 Å². The third-order valence-corrected chi connectivity index (χ3v) is 3.60. The van der Waals surface area contributed by atoms with Gasteiger partial charge in [0.2, 0.25) is 0 Å². The lowest BCUT2D eigenvalue weighted by Crippen LogP contribution is -2.10. The van der Waals surface area contributed by atoms with E-state index >= 15 is 0 Å². The molecule has 2 heterocycles. The van der Waals surface area contributed by atoms with Crippen LogP contribution in [0.2, 0.25) is 0 Å². The normalized spacial score (nSPS) is 11.0. The van der Waals surface area contributed by atoms with Gasteiger partial charge in [-0.2, -0.15) is 0 Å². The Labute approximate surface area is 126 Å². The van der Waals surface area contributed by atoms with E-state index in [1.54, 1.807) is 6.07 Å². The summed E-state index contributed by atoms with van der Waals surface area (Å²) in [6.07, 6.45) is 1.78. The predicted molar refractivity (Wildman–Crippen MR) is 82.0 cm³/mol. The number of anilines is 1. The number of benzene rings is 1. The minimum atomic E-state index is 0.556. The Hall–Kier alpha value is -2.12. The molecule has 2 aromatic heterocycles. The number of fused-ring (bicyclic) bond motifs is 1. The van der Waals surface area contributed by atoms with E-state index < -0.39 is 0 Å². The van der Waals surface area contributed by atoms with Crippen LogP contribution in [0.5, 0.6) is 0 Å². The molecule has 6 nitrogen and oxygen atoms in total. The number of nitrogens with zero attached hydrogens (tertiary/aromatic N) is 3. The molecular weight excluding hydrogens is 286 g/mol. The number of nitrogen functional groups attached to an aromatic ring is 1. The van der Waals surface area contributed by atoms with Crippen molar-refractivity contribution in [3.63, 3.8) is 0 Å². The fourth-order valence-electron chi connectivity index (χ4n) is 1.92. The molecule has 0 saturated heterocycles. The molecule has 21 heavy (non-hydrogen) atoms. The zero-order valence-corrected chi connectivity index (χ0v) is 12.4. The molecule has 1 aromatic carbocycles. The quantitative estimate of drug-likeness (QED) is 0.425. The van der Waals surface area contributed by atoms with Gasteiger partial charge in [0.15, 0.2) is 5.58 Å². The van der Waals surface area contributed by atoms with E-state index in [9.17, 15) is 0 Å². The minimum Gasteiger partial charge on any atom is -0.431 e. The topological polar surface area (TPSA) is 89.9 Å². The molecule has 0 aliphatic heterocycles. The lowest BCUT2D eigenvalue weighted by molar-refractivity contribution is 0.489. The summed E-state index contributed by atoms with van der Waals surface area (Å²) in [5.41, 5.74) is 4.16. The monoisotopic (exact) mass is 301 g/mol. The van der Waals surface area contributed by atoms with Crippen LogP contribution in [0.3, 0.4) is 0 Å². The Balaban J connectivity index is 1.90. The number of hydrogen-bond acceptors (Lipinski definition) is 7. The first-order valence-electron chi connectivity index (χ1n) is 6.66. The first-order valence-corrected chi connectivity index (χ1v) is 7.48. The first kappa shape index (κ1) is 13.8. The maximum atomic E-state index is 5.69. The molecule has 0 amide bonds. The molecule has 0 saturated carbocycles. The van der Waals surface area contributed by atoms with Crippen LogP contribution in [0.25, 0.3) is 11.1 Å². The van der Waals surface area contributed by atoms with E-state index in [0.29, 0.717) is 11.0 Å². The Morgan fingerprint density at radius 2 is 2.10 bits per heavy atom. The van der Waals surface area contributed by atoms with Gasteiger partial charge in [-0.1, -0.05) is 19.1 Å². The molecule has 0 unspecified atom stereocenters. The van der Waals surface area contributed by atoms with Gasteiger partial charge in [0.05, 0.1) is 0 Å². The van der Waals surface area contributed by atoms with Crippen LogP contribution < -0.4 is 11.3 Å². The van der Waals surface area contributed by atoms with Crippen molar-refractivity contribution in [1.82, 2.24) is 15.0 Å². The molecule has 0 fully saturated rings. The molecule has 0 atom stereocenters. The molecule has 0 aliphatic carbocycles. The molecule has 3 aromatic rings. The third-order valence-electron chi connectivity index (χ3n) is 2.84. The highest BCUT2D eigenvalue weighted by Crippen LogP contribution is 2.29. The van der Waals surface area contributed by atoms with Crippen LogP contribution in [-0.2, 0) is 6.42 Å². The van der Waals surface area contributed by atoms with Gasteiger partial charge in [-0.25, -0.2) is 20.8 Å². The zero-order valence-electron chi connectivity index (χ0n) is 11.5. The highest BCUT2D eigenvalue weighted by Gasteiger charge is 2.10. The maximum Gasteiger partial charge on any atom is 0.263 e. The lowest BCUT2D eigenvalue weighted by Gasteiger charge is -2.05. The van der Waals surface area contributed by atoms with Crippen molar-refractivity contribution >= 4 is 28.7 Å². The van der Waals surface area contributed by atoms with Gasteiger partial charge in [-0.15, -0.1) is 0 Å². The van der Waals surface area contributed by atoms with Gasteiger partial charge in [-0.3, -0.25) is 0 Å². The van der Waals surface area contributed by atoms with Gasteiger partial charge < -0.3 is 9.84 Å². The summed E-state index contributed by atoms with van der Waals surface area (Å²) in [6, 6.07) is 9.43. The van der Waals surface area contributed by atoms with Crippen LogP contribution in [0.15, 0.2) is 45.0 Å². The number of aromatic nitrogens is 3. The zero-order chi connectivity index (χ0) is 14.7. The van der Waals surface area contributed by atoms with Gasteiger partial charge in [-0.05, 0) is 30.3 Å². The molecule has 7 heteroatoms. The number of rotatable bonds is 5. The highest BCUT2D eigenvalue weighted by atomic mass is 32.2. The summed E-state index contributed by atoms with van der Waals surface area (Å²) in [5, 5.41) is 1.31. The van der Waals surface area contributed by atoms with Gasteiger partial charge in [0, 0.05) is 12.5 Å². The third kappa shape index (κ3) is 3.14. The smallest absolute Gasteiger partial charge is 0.263 e. The summed E-state index contributed by atoms with van der Waals surface area (Å²) in [4.78, 5) is 13.2. The van der Waals surface area contributed by atoms with E-state index in [-0.39, 0.29) is 0 Å². The number of nitrogens with one attached hydrogen (secondary N) is 1. The Bertz CT molecular complexity index is 725. The number of oxazole rings is 1. The number of para-hydroxylation sites is 2. The van der Waals surface area contributed by atoms with E-state index in [1.807, 2.05) is 24.3 Å². The summed E-state index contributed by atoms with van der Waals surface area (Å²) in [5.74, 6) is 6.80. The van der Waals surface area contributed by atoms with Crippen LogP contribution in [0.4, 0.5) is 5.82 Å². The number of hydrazine groups is 1. The average Bonchev–Trinajstić information content (AvgIpc) is 2.89. The average molecular weight is 301 g/mol. The van der Waals surface area contributed by atoms with Crippen molar-refractivity contribution in [2.24, 2.45) is 5.84 Å². The fraction of sp³-hybridized carbons (Fsp3) is 0.214. The summed E-state index contributed by atoms with van der Waals surface area (Å²) in [7, 11) is 0. The summed E-state index contributed by atoms with van der Waals surface area (Å²) >= 11 is 1.36. The van der Waals surface area contributed by atoms with Crippen molar-refractivity contribution in [3.8, 4) is 0 Å². The van der Waals surface area contributed by atoms with E-state index in [0.717, 1.165) is 34.8 Å². The molecule has 108 valence electrons. The molecule has 0 aliphatic rings. The Morgan fingerprint density at radius 3 is 2.86 bits per heavy atom. The van der Waals surface area contributed by atoms with Crippen molar-refractivity contribution in [3.05, 3.63) is 36.2 Å². The van der Waals surface area contributed by atoms with Gasteiger partial charge >= 0.3 is 0 Å². The molecule has 0 bridgehead atoms. The second kappa shape index (κ2) is 6.11. The molecule has 3 N–H and O–H groups in total. The summed E-state index contributed by atoms with van der Waals surface area (Å²) < 4.78 is 5.69. The fourth-order valence-corrected chi connectivity index (χ4v) is 2.69. The van der Waals surface area contributed by atoms with Crippen LogP contribution in [-0.4, -0.2) is 15.0 Å². The van der Waals surface area contributed by atoms with Crippen LogP contribution in [0, 0.1) is 0 Å². The van der Waals surface area contributed by atoms with E-state index in [4.69, 9.17) is 10.3 Å². The number of hydrogen-bond donors (Lipinski definition) is 2. The molecule has 0 radical (unpaired) electrons. The molecule has 3 rings (SSSR count). The molecular formula is C14H15N5OS. The van der Waals surface area contributed by atoms with Crippen LogP contribution in [0.1, 0.15) is 19.2 Å². The minimum absolute atomic E-state index is 0.556. The van der Waals surface area contributed by atoms with Crippen molar-refractivity contribution in [2.75, 3.05) is 5.43 Å². The van der Waals surface area contributed by atoms with E-state index in [1.165, 1.54) is 11.8 Å². The SMILES string of the molecule is CCCc1nc(NN)cc(Sc2nc3ccccc3o2)n1. The number of aryl methyl sites for hydroxylation is 1. The Kier molecular flexibility index (Phi) is 4.03. The summed E-state index contributed by atoms with van der Waals surface area (Å²) in [6.45, 7) is 2.08. The second-order valence-corrected chi connectivity index (χ2v) is 5.42. The second-order valence-electron chi connectivity index (χ2n) is 4.45. The van der Waals surface area contributed by atoms with Crippen molar-refractivity contribution in [2.45, 2.75) is 30.0 Å². The first-order chi connectivity index (χ1) is 10.3. The number of nitrogens with two attached hydrogens (primary N) is 1. The highest BCUT2D eigenvalue weighted by molar-refractivity contribution is 7.99.